The SMILES string of the molecule is Cc1nccn1-c1nc(Cl)ncc1Cl. The lowest BCUT2D eigenvalue weighted by Crippen LogP contribution is -2.00. The molecule has 2 aromatic heterocycles. The molecular formula is C8H6Cl2N4. The van der Waals surface area contributed by atoms with Crippen LogP contribution in [0, 0.1) is 6.92 Å². The number of halogens is 2. The quantitative estimate of drug-likeness (QED) is 0.704. The molecule has 0 atom stereocenters. The highest BCUT2D eigenvalue weighted by Crippen LogP contribution is 2.19. The standard InChI is InChI=1S/C8H6Cl2N4/c1-5-11-2-3-14(5)7-6(9)4-12-8(10)13-7/h2-4H,1H3. The number of imidazole rings is 1. The van der Waals surface area contributed by atoms with Crippen molar-refractivity contribution in [3.05, 3.63) is 34.7 Å². The summed E-state index contributed by atoms with van der Waals surface area (Å²) in [6.07, 6.45) is 4.90. The molecule has 0 saturated heterocycles. The Bertz CT molecular complexity index is 466. The molecule has 0 aromatic carbocycles. The molecule has 2 aromatic rings. The summed E-state index contributed by atoms with van der Waals surface area (Å²) in [5.41, 5.74) is 0. The van der Waals surface area contributed by atoms with E-state index < -0.39 is 0 Å². The molecule has 6 heteroatoms. The van der Waals surface area contributed by atoms with Crippen LogP contribution < -0.4 is 0 Å². The number of aromatic nitrogens is 4. The summed E-state index contributed by atoms with van der Waals surface area (Å²) in [6, 6.07) is 0. The van der Waals surface area contributed by atoms with Gasteiger partial charge < -0.3 is 0 Å². The molecule has 0 aliphatic carbocycles. The maximum atomic E-state index is 5.93. The van der Waals surface area contributed by atoms with Crippen molar-refractivity contribution in [2.75, 3.05) is 0 Å². The molecule has 0 bridgehead atoms. The van der Waals surface area contributed by atoms with Crippen LogP contribution in [0.1, 0.15) is 5.82 Å². The average molecular weight is 229 g/mol. The molecule has 0 aliphatic rings. The van der Waals surface area contributed by atoms with E-state index >= 15 is 0 Å². The van der Waals surface area contributed by atoms with Gasteiger partial charge in [-0.1, -0.05) is 11.6 Å². The van der Waals surface area contributed by atoms with E-state index in [9.17, 15) is 0 Å². The van der Waals surface area contributed by atoms with Gasteiger partial charge in [0.05, 0.1) is 6.20 Å². The highest BCUT2D eigenvalue weighted by molar-refractivity contribution is 6.32. The largest absolute Gasteiger partial charge is 0.287 e. The lowest BCUT2D eigenvalue weighted by atomic mass is 10.5. The van der Waals surface area contributed by atoms with Crippen molar-refractivity contribution in [1.82, 2.24) is 19.5 Å². The van der Waals surface area contributed by atoms with Crippen LogP contribution in [-0.4, -0.2) is 19.5 Å². The van der Waals surface area contributed by atoms with Crippen molar-refractivity contribution in [2.45, 2.75) is 6.92 Å². The molecule has 0 fully saturated rings. The first kappa shape index (κ1) is 9.43. The topological polar surface area (TPSA) is 43.6 Å². The molecule has 72 valence electrons. The van der Waals surface area contributed by atoms with Gasteiger partial charge in [0.25, 0.3) is 0 Å². The van der Waals surface area contributed by atoms with Crippen LogP contribution in [0.25, 0.3) is 5.82 Å². The molecule has 0 radical (unpaired) electrons. The molecule has 4 nitrogen and oxygen atoms in total. The molecule has 0 N–H and O–H groups in total. The van der Waals surface area contributed by atoms with Crippen LogP contribution in [0.2, 0.25) is 10.3 Å². The monoisotopic (exact) mass is 228 g/mol. The Labute approximate surface area is 90.5 Å². The molecule has 0 saturated carbocycles. The minimum Gasteiger partial charge on any atom is -0.287 e. The molecule has 2 heterocycles. The lowest BCUT2D eigenvalue weighted by Gasteiger charge is -2.05. The number of aryl methyl sites for hydroxylation is 1. The maximum Gasteiger partial charge on any atom is 0.224 e. The van der Waals surface area contributed by atoms with E-state index in [1.807, 2.05) is 6.92 Å². The summed E-state index contributed by atoms with van der Waals surface area (Å²) in [5.74, 6) is 1.34. The third kappa shape index (κ3) is 1.58. The summed E-state index contributed by atoms with van der Waals surface area (Å²) in [6.45, 7) is 1.85. The first-order chi connectivity index (χ1) is 6.68. The van der Waals surface area contributed by atoms with Crippen LogP contribution in [0.15, 0.2) is 18.6 Å². The number of rotatable bonds is 1. The number of hydrogen-bond acceptors (Lipinski definition) is 3. The van der Waals surface area contributed by atoms with E-state index in [1.165, 1.54) is 6.20 Å². The fraction of sp³-hybridized carbons (Fsp3) is 0.125. The predicted molar refractivity (Wildman–Crippen MR) is 53.9 cm³/mol. The van der Waals surface area contributed by atoms with Crippen LogP contribution in [-0.2, 0) is 0 Å². The van der Waals surface area contributed by atoms with E-state index in [1.54, 1.807) is 17.0 Å². The van der Waals surface area contributed by atoms with Crippen LogP contribution in [0.5, 0.6) is 0 Å². The van der Waals surface area contributed by atoms with E-state index in [0.29, 0.717) is 10.8 Å². The summed E-state index contributed by atoms with van der Waals surface area (Å²) in [4.78, 5) is 11.9. The van der Waals surface area contributed by atoms with Crippen molar-refractivity contribution < 1.29 is 0 Å². The molecule has 2 rings (SSSR count). The Hall–Kier alpha value is -1.13. The number of nitrogens with zero attached hydrogens (tertiary/aromatic N) is 4. The van der Waals surface area contributed by atoms with Gasteiger partial charge in [-0.25, -0.2) is 9.97 Å². The minimum absolute atomic E-state index is 0.164. The molecular weight excluding hydrogens is 223 g/mol. The zero-order valence-corrected chi connectivity index (χ0v) is 8.79. The first-order valence-corrected chi connectivity index (χ1v) is 4.62. The van der Waals surface area contributed by atoms with Crippen molar-refractivity contribution in [1.29, 1.82) is 0 Å². The van der Waals surface area contributed by atoms with Gasteiger partial charge in [-0.05, 0) is 18.5 Å². The average Bonchev–Trinajstić information content (AvgIpc) is 2.56. The Kier molecular flexibility index (Phi) is 2.39. The van der Waals surface area contributed by atoms with Crippen molar-refractivity contribution in [2.24, 2.45) is 0 Å². The summed E-state index contributed by atoms with van der Waals surface area (Å²) in [7, 11) is 0. The first-order valence-electron chi connectivity index (χ1n) is 3.87. The van der Waals surface area contributed by atoms with Crippen LogP contribution >= 0.6 is 23.2 Å². The summed E-state index contributed by atoms with van der Waals surface area (Å²) >= 11 is 11.6. The van der Waals surface area contributed by atoms with Crippen LogP contribution in [0.3, 0.4) is 0 Å². The fourth-order valence-electron chi connectivity index (χ4n) is 1.11. The van der Waals surface area contributed by atoms with Gasteiger partial charge in [-0.15, -0.1) is 0 Å². The van der Waals surface area contributed by atoms with E-state index in [4.69, 9.17) is 23.2 Å². The van der Waals surface area contributed by atoms with Gasteiger partial charge >= 0.3 is 0 Å². The third-order valence-corrected chi connectivity index (χ3v) is 2.20. The second-order valence-corrected chi connectivity index (χ2v) is 3.40. The Balaban J connectivity index is 2.62. The van der Waals surface area contributed by atoms with E-state index in [0.717, 1.165) is 5.82 Å². The van der Waals surface area contributed by atoms with Gasteiger partial charge in [0.1, 0.15) is 10.8 Å². The van der Waals surface area contributed by atoms with Gasteiger partial charge in [-0.2, -0.15) is 4.98 Å². The van der Waals surface area contributed by atoms with Crippen molar-refractivity contribution in [3.63, 3.8) is 0 Å². The normalized spacial score (nSPS) is 10.5. The summed E-state index contributed by atoms with van der Waals surface area (Å²) < 4.78 is 1.75. The van der Waals surface area contributed by atoms with Gasteiger partial charge in [0, 0.05) is 12.4 Å². The molecule has 0 unspecified atom stereocenters. The zero-order valence-electron chi connectivity index (χ0n) is 7.28. The van der Waals surface area contributed by atoms with Crippen molar-refractivity contribution in [3.8, 4) is 5.82 Å². The van der Waals surface area contributed by atoms with E-state index in [-0.39, 0.29) is 5.28 Å². The maximum absolute atomic E-state index is 5.93. The second kappa shape index (κ2) is 3.55. The van der Waals surface area contributed by atoms with Gasteiger partial charge in [-0.3, -0.25) is 4.57 Å². The highest BCUT2D eigenvalue weighted by Gasteiger charge is 2.08. The third-order valence-electron chi connectivity index (χ3n) is 1.75. The molecule has 0 spiro atoms. The second-order valence-electron chi connectivity index (χ2n) is 2.66. The lowest BCUT2D eigenvalue weighted by molar-refractivity contribution is 0.920. The van der Waals surface area contributed by atoms with Crippen molar-refractivity contribution >= 4 is 23.2 Å². The van der Waals surface area contributed by atoms with E-state index in [2.05, 4.69) is 15.0 Å². The number of hydrogen-bond donors (Lipinski definition) is 0. The molecule has 0 amide bonds. The zero-order chi connectivity index (χ0) is 10.1. The molecule has 0 aliphatic heterocycles. The smallest absolute Gasteiger partial charge is 0.224 e. The van der Waals surface area contributed by atoms with Crippen LogP contribution in [0.4, 0.5) is 0 Å². The Morgan fingerprint density at radius 2 is 2.07 bits per heavy atom. The highest BCUT2D eigenvalue weighted by atomic mass is 35.5. The Morgan fingerprint density at radius 1 is 1.29 bits per heavy atom. The predicted octanol–water partition coefficient (Wildman–Crippen LogP) is 2.28. The minimum atomic E-state index is 0.164. The summed E-state index contributed by atoms with van der Waals surface area (Å²) in [5, 5.41) is 0.605. The van der Waals surface area contributed by atoms with Gasteiger partial charge in [0.2, 0.25) is 5.28 Å². The van der Waals surface area contributed by atoms with Gasteiger partial charge in [0.15, 0.2) is 5.82 Å². The fourth-order valence-corrected chi connectivity index (χ4v) is 1.42. The molecule has 14 heavy (non-hydrogen) atoms. The Morgan fingerprint density at radius 3 is 2.71 bits per heavy atom.